The monoisotopic (exact) mass is 245 g/mol. The van der Waals surface area contributed by atoms with E-state index in [1.807, 2.05) is 30.4 Å². The van der Waals surface area contributed by atoms with Gasteiger partial charge in [0.05, 0.1) is 0 Å². The predicted molar refractivity (Wildman–Crippen MR) is 57.2 cm³/mol. The molecular weight excluding hydrogens is 237 g/mol. The van der Waals surface area contributed by atoms with Crippen LogP contribution in [0.5, 0.6) is 0 Å². The second-order valence-electron chi connectivity index (χ2n) is 2.30. The van der Waals surface area contributed by atoms with Gasteiger partial charge in [0.15, 0.2) is 0 Å². The molecule has 0 aromatic heterocycles. The van der Waals surface area contributed by atoms with Crippen LogP contribution in [0.25, 0.3) is 6.08 Å². The third-order valence-electron chi connectivity index (χ3n) is 1.39. The van der Waals surface area contributed by atoms with Crippen molar-refractivity contribution in [3.8, 4) is 0 Å². The summed E-state index contributed by atoms with van der Waals surface area (Å²) in [6.45, 7) is 0.541. The highest BCUT2D eigenvalue weighted by atomic mass is 79.9. The highest BCUT2D eigenvalue weighted by Gasteiger charge is 1.95. The SMILES string of the molecule is NCC=Cc1cc(Cl)ccc1Br. The minimum atomic E-state index is 0.541. The van der Waals surface area contributed by atoms with Gasteiger partial charge in [0.1, 0.15) is 0 Å². The third-order valence-corrected chi connectivity index (χ3v) is 2.35. The Labute approximate surface area is 85.3 Å². The molecule has 0 saturated heterocycles. The van der Waals surface area contributed by atoms with Crippen LogP contribution in [0.4, 0.5) is 0 Å². The Balaban J connectivity index is 2.97. The maximum absolute atomic E-state index is 5.81. The zero-order chi connectivity index (χ0) is 8.97. The van der Waals surface area contributed by atoms with Gasteiger partial charge in [-0.25, -0.2) is 0 Å². The molecule has 0 amide bonds. The number of hydrogen-bond acceptors (Lipinski definition) is 1. The van der Waals surface area contributed by atoms with Crippen molar-refractivity contribution < 1.29 is 0 Å². The fourth-order valence-corrected chi connectivity index (χ4v) is 1.40. The quantitative estimate of drug-likeness (QED) is 0.853. The highest BCUT2D eigenvalue weighted by molar-refractivity contribution is 9.10. The smallest absolute Gasteiger partial charge is 0.0412 e. The van der Waals surface area contributed by atoms with E-state index < -0.39 is 0 Å². The van der Waals surface area contributed by atoms with Gasteiger partial charge in [-0.1, -0.05) is 39.7 Å². The zero-order valence-corrected chi connectivity index (χ0v) is 8.77. The van der Waals surface area contributed by atoms with Gasteiger partial charge < -0.3 is 5.73 Å². The van der Waals surface area contributed by atoms with Gasteiger partial charge in [0, 0.05) is 16.0 Å². The summed E-state index contributed by atoms with van der Waals surface area (Å²) >= 11 is 9.22. The lowest BCUT2D eigenvalue weighted by atomic mass is 10.2. The van der Waals surface area contributed by atoms with E-state index in [0.29, 0.717) is 6.54 Å². The fourth-order valence-electron chi connectivity index (χ4n) is 0.837. The molecule has 0 aliphatic carbocycles. The van der Waals surface area contributed by atoms with E-state index in [1.165, 1.54) is 0 Å². The van der Waals surface area contributed by atoms with E-state index in [9.17, 15) is 0 Å². The first-order chi connectivity index (χ1) is 5.74. The molecule has 0 atom stereocenters. The molecule has 0 unspecified atom stereocenters. The molecule has 0 radical (unpaired) electrons. The van der Waals surface area contributed by atoms with E-state index in [0.717, 1.165) is 15.1 Å². The molecule has 1 aromatic carbocycles. The molecular formula is C9H9BrClN. The molecule has 1 aromatic rings. The largest absolute Gasteiger partial charge is 0.327 e. The Morgan fingerprint density at radius 2 is 2.25 bits per heavy atom. The molecule has 64 valence electrons. The van der Waals surface area contributed by atoms with Gasteiger partial charge in [-0.3, -0.25) is 0 Å². The number of hydrogen-bond donors (Lipinski definition) is 1. The molecule has 1 rings (SSSR count). The van der Waals surface area contributed by atoms with Crippen molar-refractivity contribution >= 4 is 33.6 Å². The van der Waals surface area contributed by atoms with Crippen LogP contribution in [0.1, 0.15) is 5.56 Å². The van der Waals surface area contributed by atoms with E-state index in [-0.39, 0.29) is 0 Å². The topological polar surface area (TPSA) is 26.0 Å². The Morgan fingerprint density at radius 1 is 1.50 bits per heavy atom. The fraction of sp³-hybridized carbons (Fsp3) is 0.111. The first kappa shape index (κ1) is 9.78. The van der Waals surface area contributed by atoms with Gasteiger partial charge in [0.25, 0.3) is 0 Å². The predicted octanol–water partition coefficient (Wildman–Crippen LogP) is 3.07. The summed E-state index contributed by atoms with van der Waals surface area (Å²) < 4.78 is 1.02. The molecule has 2 N–H and O–H groups in total. The molecule has 0 heterocycles. The number of benzene rings is 1. The van der Waals surface area contributed by atoms with Gasteiger partial charge in [-0.15, -0.1) is 0 Å². The molecule has 0 aliphatic rings. The van der Waals surface area contributed by atoms with Gasteiger partial charge in [-0.05, 0) is 23.8 Å². The summed E-state index contributed by atoms with van der Waals surface area (Å²) in [5, 5.41) is 0.731. The number of rotatable bonds is 2. The highest BCUT2D eigenvalue weighted by Crippen LogP contribution is 2.21. The minimum Gasteiger partial charge on any atom is -0.327 e. The number of halogens is 2. The van der Waals surface area contributed by atoms with Crippen LogP contribution in [0, 0.1) is 0 Å². The van der Waals surface area contributed by atoms with Crippen LogP contribution in [0.3, 0.4) is 0 Å². The van der Waals surface area contributed by atoms with E-state index in [1.54, 1.807) is 0 Å². The molecule has 0 saturated carbocycles. The molecule has 3 heteroatoms. The summed E-state index contributed by atoms with van der Waals surface area (Å²) in [4.78, 5) is 0. The maximum Gasteiger partial charge on any atom is 0.0412 e. The first-order valence-corrected chi connectivity index (χ1v) is 4.73. The van der Waals surface area contributed by atoms with E-state index >= 15 is 0 Å². The van der Waals surface area contributed by atoms with Gasteiger partial charge in [-0.2, -0.15) is 0 Å². The average molecular weight is 247 g/mol. The van der Waals surface area contributed by atoms with Crippen LogP contribution < -0.4 is 5.73 Å². The van der Waals surface area contributed by atoms with Crippen molar-refractivity contribution in [3.63, 3.8) is 0 Å². The lowest BCUT2D eigenvalue weighted by molar-refractivity contribution is 1.26. The van der Waals surface area contributed by atoms with Crippen LogP contribution in [-0.2, 0) is 0 Å². The van der Waals surface area contributed by atoms with Crippen molar-refractivity contribution in [1.82, 2.24) is 0 Å². The molecule has 0 aliphatic heterocycles. The summed E-state index contributed by atoms with van der Waals surface area (Å²) in [6, 6.07) is 5.64. The van der Waals surface area contributed by atoms with Crippen molar-refractivity contribution in [1.29, 1.82) is 0 Å². The average Bonchev–Trinajstić information content (AvgIpc) is 2.07. The van der Waals surface area contributed by atoms with Crippen LogP contribution in [0.2, 0.25) is 5.02 Å². The Kier molecular flexibility index (Phi) is 3.79. The summed E-state index contributed by atoms with van der Waals surface area (Å²) in [6.07, 6.45) is 3.83. The van der Waals surface area contributed by atoms with Gasteiger partial charge in [0.2, 0.25) is 0 Å². The second kappa shape index (κ2) is 4.65. The number of nitrogens with two attached hydrogens (primary N) is 1. The van der Waals surface area contributed by atoms with Crippen LogP contribution >= 0.6 is 27.5 Å². The molecule has 0 spiro atoms. The molecule has 0 bridgehead atoms. The Hall–Kier alpha value is -0.310. The lowest BCUT2D eigenvalue weighted by Gasteiger charge is -1.98. The first-order valence-electron chi connectivity index (χ1n) is 3.55. The molecule has 0 fully saturated rings. The van der Waals surface area contributed by atoms with Crippen molar-refractivity contribution in [3.05, 3.63) is 39.3 Å². The minimum absolute atomic E-state index is 0.541. The summed E-state index contributed by atoms with van der Waals surface area (Å²) in [5.74, 6) is 0. The Morgan fingerprint density at radius 3 is 2.92 bits per heavy atom. The zero-order valence-electron chi connectivity index (χ0n) is 6.43. The maximum atomic E-state index is 5.81. The summed E-state index contributed by atoms with van der Waals surface area (Å²) in [5.41, 5.74) is 6.38. The lowest BCUT2D eigenvalue weighted by Crippen LogP contribution is -1.92. The normalized spacial score (nSPS) is 10.9. The van der Waals surface area contributed by atoms with E-state index in [2.05, 4.69) is 15.9 Å². The molecule has 1 nitrogen and oxygen atoms in total. The Bertz CT molecular complexity index is 297. The molecule has 12 heavy (non-hydrogen) atoms. The van der Waals surface area contributed by atoms with Gasteiger partial charge >= 0.3 is 0 Å². The van der Waals surface area contributed by atoms with Crippen molar-refractivity contribution in [2.45, 2.75) is 0 Å². The standard InChI is InChI=1S/C9H9BrClN/c10-9-4-3-8(11)6-7(9)2-1-5-12/h1-4,6H,5,12H2. The second-order valence-corrected chi connectivity index (χ2v) is 3.59. The summed E-state index contributed by atoms with van der Waals surface area (Å²) in [7, 11) is 0. The van der Waals surface area contributed by atoms with Crippen molar-refractivity contribution in [2.75, 3.05) is 6.54 Å². The van der Waals surface area contributed by atoms with Crippen molar-refractivity contribution in [2.24, 2.45) is 5.73 Å². The van der Waals surface area contributed by atoms with Crippen LogP contribution in [-0.4, -0.2) is 6.54 Å². The van der Waals surface area contributed by atoms with Crippen LogP contribution in [0.15, 0.2) is 28.7 Å². The third kappa shape index (κ3) is 2.63. The van der Waals surface area contributed by atoms with E-state index in [4.69, 9.17) is 17.3 Å².